The SMILES string of the molecule is CC(C)C(C)NC(=O)CNCCN1CCOCC1. The minimum absolute atomic E-state index is 0.0816. The van der Waals surface area contributed by atoms with Crippen molar-refractivity contribution in [1.29, 1.82) is 0 Å². The number of carbonyl (C=O) groups excluding carboxylic acids is 1. The van der Waals surface area contributed by atoms with Crippen molar-refractivity contribution in [3.63, 3.8) is 0 Å². The van der Waals surface area contributed by atoms with Crippen LogP contribution in [0, 0.1) is 5.92 Å². The molecule has 1 fully saturated rings. The molecule has 0 saturated carbocycles. The summed E-state index contributed by atoms with van der Waals surface area (Å²) in [5, 5.41) is 6.16. The van der Waals surface area contributed by atoms with Crippen LogP contribution >= 0.6 is 0 Å². The largest absolute Gasteiger partial charge is 0.379 e. The van der Waals surface area contributed by atoms with Gasteiger partial charge in [0.1, 0.15) is 0 Å². The average molecular weight is 257 g/mol. The zero-order chi connectivity index (χ0) is 13.4. The molecule has 0 radical (unpaired) electrons. The average Bonchev–Trinajstić information content (AvgIpc) is 2.35. The molecule has 0 bridgehead atoms. The van der Waals surface area contributed by atoms with Crippen LogP contribution in [0.2, 0.25) is 0 Å². The van der Waals surface area contributed by atoms with Crippen LogP contribution in [0.3, 0.4) is 0 Å². The van der Waals surface area contributed by atoms with Crippen LogP contribution in [0.25, 0.3) is 0 Å². The molecule has 1 atom stereocenters. The van der Waals surface area contributed by atoms with Crippen molar-refractivity contribution in [2.45, 2.75) is 26.8 Å². The molecule has 0 aliphatic carbocycles. The first-order chi connectivity index (χ1) is 8.59. The molecule has 1 heterocycles. The van der Waals surface area contributed by atoms with E-state index in [0.29, 0.717) is 12.5 Å². The van der Waals surface area contributed by atoms with Gasteiger partial charge in [-0.1, -0.05) is 13.8 Å². The number of rotatable bonds is 7. The number of morpholine rings is 1. The smallest absolute Gasteiger partial charge is 0.234 e. The molecular weight excluding hydrogens is 230 g/mol. The van der Waals surface area contributed by atoms with Crippen molar-refractivity contribution >= 4 is 5.91 Å². The van der Waals surface area contributed by atoms with Crippen LogP contribution in [0.1, 0.15) is 20.8 Å². The summed E-state index contributed by atoms with van der Waals surface area (Å²) >= 11 is 0. The van der Waals surface area contributed by atoms with E-state index < -0.39 is 0 Å². The molecule has 18 heavy (non-hydrogen) atoms. The fourth-order valence-corrected chi connectivity index (χ4v) is 1.74. The molecule has 0 aromatic carbocycles. The molecule has 1 amide bonds. The lowest BCUT2D eigenvalue weighted by molar-refractivity contribution is -0.121. The second kappa shape index (κ2) is 8.45. The number of hydrogen-bond acceptors (Lipinski definition) is 4. The third kappa shape index (κ3) is 6.33. The molecule has 5 heteroatoms. The highest BCUT2D eigenvalue weighted by atomic mass is 16.5. The van der Waals surface area contributed by atoms with Gasteiger partial charge in [0.15, 0.2) is 0 Å². The van der Waals surface area contributed by atoms with Crippen molar-refractivity contribution in [3.05, 3.63) is 0 Å². The van der Waals surface area contributed by atoms with E-state index in [-0.39, 0.29) is 11.9 Å². The van der Waals surface area contributed by atoms with Gasteiger partial charge >= 0.3 is 0 Å². The summed E-state index contributed by atoms with van der Waals surface area (Å²) in [6.45, 7) is 12.1. The monoisotopic (exact) mass is 257 g/mol. The molecule has 0 aromatic rings. The van der Waals surface area contributed by atoms with Gasteiger partial charge in [0.25, 0.3) is 0 Å². The summed E-state index contributed by atoms with van der Waals surface area (Å²) in [7, 11) is 0. The van der Waals surface area contributed by atoms with Crippen molar-refractivity contribution in [2.24, 2.45) is 5.92 Å². The Balaban J connectivity index is 2.01. The Hall–Kier alpha value is -0.650. The molecule has 2 N–H and O–H groups in total. The van der Waals surface area contributed by atoms with Gasteiger partial charge in [-0.2, -0.15) is 0 Å². The van der Waals surface area contributed by atoms with Crippen LogP contribution in [-0.4, -0.2) is 62.8 Å². The first kappa shape index (κ1) is 15.4. The summed E-state index contributed by atoms with van der Waals surface area (Å²) < 4.78 is 5.28. The lowest BCUT2D eigenvalue weighted by atomic mass is 10.1. The maximum Gasteiger partial charge on any atom is 0.234 e. The second-order valence-electron chi connectivity index (χ2n) is 5.23. The van der Waals surface area contributed by atoms with Crippen LogP contribution in [-0.2, 0) is 9.53 Å². The van der Waals surface area contributed by atoms with Crippen molar-refractivity contribution in [1.82, 2.24) is 15.5 Å². The fourth-order valence-electron chi connectivity index (χ4n) is 1.74. The Morgan fingerprint density at radius 2 is 1.94 bits per heavy atom. The standard InChI is InChI=1S/C13H27N3O2/c1-11(2)12(3)15-13(17)10-14-4-5-16-6-8-18-9-7-16/h11-12,14H,4-10H2,1-3H3,(H,15,17). The van der Waals surface area contributed by atoms with Gasteiger partial charge < -0.3 is 15.4 Å². The summed E-state index contributed by atoms with van der Waals surface area (Å²) in [6.07, 6.45) is 0. The van der Waals surface area contributed by atoms with Gasteiger partial charge in [-0.3, -0.25) is 9.69 Å². The Morgan fingerprint density at radius 3 is 2.56 bits per heavy atom. The third-order valence-corrected chi connectivity index (χ3v) is 3.38. The maximum atomic E-state index is 11.6. The van der Waals surface area contributed by atoms with E-state index in [1.165, 1.54) is 0 Å². The molecule has 0 aromatic heterocycles. The molecule has 1 saturated heterocycles. The molecule has 1 rings (SSSR count). The quantitative estimate of drug-likeness (QED) is 0.634. The number of amides is 1. The van der Waals surface area contributed by atoms with Gasteiger partial charge in [0, 0.05) is 32.2 Å². The van der Waals surface area contributed by atoms with E-state index >= 15 is 0 Å². The van der Waals surface area contributed by atoms with E-state index in [4.69, 9.17) is 4.74 Å². The lowest BCUT2D eigenvalue weighted by Gasteiger charge is -2.26. The first-order valence-electron chi connectivity index (χ1n) is 6.89. The summed E-state index contributed by atoms with van der Waals surface area (Å²) in [6, 6.07) is 0.235. The fraction of sp³-hybridized carbons (Fsp3) is 0.923. The van der Waals surface area contributed by atoms with E-state index in [9.17, 15) is 4.79 Å². The molecule has 0 spiro atoms. The predicted octanol–water partition coefficient (Wildman–Crippen LogP) is 0.0689. The van der Waals surface area contributed by atoms with Gasteiger partial charge in [-0.05, 0) is 12.8 Å². The van der Waals surface area contributed by atoms with E-state index in [1.54, 1.807) is 0 Å². The van der Waals surface area contributed by atoms with Crippen LogP contribution < -0.4 is 10.6 Å². The molecule has 1 aliphatic heterocycles. The Bertz CT molecular complexity index is 240. The maximum absolute atomic E-state index is 11.6. The van der Waals surface area contributed by atoms with Gasteiger partial charge in [-0.15, -0.1) is 0 Å². The summed E-state index contributed by atoms with van der Waals surface area (Å²) in [5.74, 6) is 0.556. The third-order valence-electron chi connectivity index (χ3n) is 3.38. The highest BCUT2D eigenvalue weighted by molar-refractivity contribution is 5.78. The minimum atomic E-state index is 0.0816. The zero-order valence-electron chi connectivity index (χ0n) is 11.9. The molecule has 1 aliphatic rings. The Kier molecular flexibility index (Phi) is 7.23. The number of carbonyl (C=O) groups is 1. The topological polar surface area (TPSA) is 53.6 Å². The van der Waals surface area contributed by atoms with Crippen LogP contribution in [0.4, 0.5) is 0 Å². The van der Waals surface area contributed by atoms with Gasteiger partial charge in [0.2, 0.25) is 5.91 Å². The molecule has 106 valence electrons. The second-order valence-corrected chi connectivity index (χ2v) is 5.23. The summed E-state index contributed by atoms with van der Waals surface area (Å²) in [4.78, 5) is 14.0. The highest BCUT2D eigenvalue weighted by Gasteiger charge is 2.11. The molecule has 1 unspecified atom stereocenters. The summed E-state index contributed by atoms with van der Waals surface area (Å²) in [5.41, 5.74) is 0. The van der Waals surface area contributed by atoms with Crippen molar-refractivity contribution in [3.8, 4) is 0 Å². The molecule has 5 nitrogen and oxygen atoms in total. The van der Waals surface area contributed by atoms with Crippen molar-refractivity contribution in [2.75, 3.05) is 45.9 Å². The Labute approximate surface area is 110 Å². The van der Waals surface area contributed by atoms with Crippen LogP contribution in [0.5, 0.6) is 0 Å². The normalized spacial score (nSPS) is 18.9. The predicted molar refractivity (Wildman–Crippen MR) is 72.6 cm³/mol. The number of nitrogens with one attached hydrogen (secondary N) is 2. The lowest BCUT2D eigenvalue weighted by Crippen LogP contribution is -2.44. The van der Waals surface area contributed by atoms with Gasteiger partial charge in [-0.25, -0.2) is 0 Å². The first-order valence-corrected chi connectivity index (χ1v) is 6.89. The van der Waals surface area contributed by atoms with E-state index in [2.05, 4.69) is 29.4 Å². The number of hydrogen-bond donors (Lipinski definition) is 2. The number of nitrogens with zero attached hydrogens (tertiary/aromatic N) is 1. The number of ether oxygens (including phenoxy) is 1. The molecular formula is C13H27N3O2. The minimum Gasteiger partial charge on any atom is -0.379 e. The van der Waals surface area contributed by atoms with Gasteiger partial charge in [0.05, 0.1) is 19.8 Å². The van der Waals surface area contributed by atoms with Crippen LogP contribution in [0.15, 0.2) is 0 Å². The zero-order valence-corrected chi connectivity index (χ0v) is 11.9. The van der Waals surface area contributed by atoms with Crippen molar-refractivity contribution < 1.29 is 9.53 Å². The van der Waals surface area contributed by atoms with E-state index in [0.717, 1.165) is 39.4 Å². The highest BCUT2D eigenvalue weighted by Crippen LogP contribution is 1.98. The Morgan fingerprint density at radius 1 is 1.28 bits per heavy atom. The van der Waals surface area contributed by atoms with E-state index in [1.807, 2.05) is 6.92 Å².